The lowest BCUT2D eigenvalue weighted by Crippen LogP contribution is -2.45. The van der Waals surface area contributed by atoms with Gasteiger partial charge >= 0.3 is 12.1 Å². The Hall–Kier alpha value is -0.530. The van der Waals surface area contributed by atoms with Gasteiger partial charge < -0.3 is 16.3 Å². The normalized spacial score (nSPS) is 16.1. The Kier molecular flexibility index (Phi) is 4.58. The highest BCUT2D eigenvalue weighted by molar-refractivity contribution is 6.33. The molecule has 0 aliphatic heterocycles. The van der Waals surface area contributed by atoms with Crippen LogP contribution in [-0.2, 0) is 4.79 Å². The molecule has 0 saturated heterocycles. The minimum Gasteiger partial charge on any atom is -0.479 e. The third-order valence-corrected chi connectivity index (χ3v) is 1.11. The molecule has 0 fully saturated rings. The Bertz CT molecular complexity index is 169. The minimum atomic E-state index is -4.67. The summed E-state index contributed by atoms with van der Waals surface area (Å²) in [7, 11) is 0. The molecule has 0 spiro atoms. The fraction of sp³-hybridized carbons (Fsp3) is 0.750. The Balaban J connectivity index is 0. The second-order valence-corrected chi connectivity index (χ2v) is 2.63. The van der Waals surface area contributed by atoms with Crippen LogP contribution < -0.4 is 5.73 Å². The van der Waals surface area contributed by atoms with Gasteiger partial charge in [-0.15, -0.1) is 0 Å². The van der Waals surface area contributed by atoms with Crippen LogP contribution in [0.4, 0.5) is 13.2 Å². The number of hydrogen-bond acceptors (Lipinski definition) is 2. The van der Waals surface area contributed by atoms with Crippen LogP contribution in [0.3, 0.4) is 0 Å². The zero-order valence-electron chi connectivity index (χ0n) is 5.65. The lowest BCUT2D eigenvalue weighted by molar-refractivity contribution is -0.159. The summed E-state index contributed by atoms with van der Waals surface area (Å²) in [6.45, 7) is 0. The van der Waals surface area contributed by atoms with Crippen molar-refractivity contribution in [3.05, 3.63) is 0 Å². The molecule has 0 radical (unpaired) electrons. The van der Waals surface area contributed by atoms with Crippen LogP contribution in [0.25, 0.3) is 0 Å². The van der Waals surface area contributed by atoms with Crippen LogP contribution in [0, 0.1) is 0 Å². The summed E-state index contributed by atoms with van der Waals surface area (Å²) in [4.78, 5) is 7.19. The molecule has 0 aromatic heterocycles. The summed E-state index contributed by atoms with van der Waals surface area (Å²) < 4.78 is 34.5. The zero-order valence-corrected chi connectivity index (χ0v) is 6.41. The molecule has 0 aliphatic rings. The molecule has 0 saturated carbocycles. The molecule has 1 atom stereocenters. The predicted molar refractivity (Wildman–Crippen MR) is 34.7 cm³/mol. The number of aliphatic carboxylic acids is 1. The van der Waals surface area contributed by atoms with Gasteiger partial charge in [-0.2, -0.15) is 13.2 Å². The van der Waals surface area contributed by atoms with Crippen molar-refractivity contribution in [2.24, 2.45) is 5.73 Å². The van der Waals surface area contributed by atoms with E-state index in [0.29, 0.717) is 0 Å². The first-order valence-electron chi connectivity index (χ1n) is 2.43. The maximum atomic E-state index is 11.5. The first-order chi connectivity index (χ1) is 4.65. The van der Waals surface area contributed by atoms with Crippen molar-refractivity contribution in [2.75, 3.05) is 0 Å². The van der Waals surface area contributed by atoms with Crippen LogP contribution >= 0.6 is 11.6 Å². The van der Waals surface area contributed by atoms with Gasteiger partial charge in [-0.05, 0) is 0 Å². The number of hydrogen-bond donors (Lipinski definition) is 2. The molecule has 0 bridgehead atoms. The Morgan fingerprint density at radius 3 is 1.92 bits per heavy atom. The highest BCUT2D eigenvalue weighted by Crippen LogP contribution is 2.28. The molecule has 5 N–H and O–H groups in total. The average molecular weight is 210 g/mol. The number of carbonyl (C=O) groups is 1. The van der Waals surface area contributed by atoms with Crippen LogP contribution in [0.1, 0.15) is 6.42 Å². The highest BCUT2D eigenvalue weighted by atomic mass is 35.5. The van der Waals surface area contributed by atoms with E-state index in [0.717, 1.165) is 0 Å². The molecular formula is C4H7ClF3NO3. The van der Waals surface area contributed by atoms with Gasteiger partial charge in [0.05, 0.1) is 6.42 Å². The van der Waals surface area contributed by atoms with E-state index in [4.69, 9.17) is 16.7 Å². The van der Waals surface area contributed by atoms with E-state index in [9.17, 15) is 18.0 Å². The van der Waals surface area contributed by atoms with Gasteiger partial charge in [0.15, 0.2) is 5.00 Å². The number of alkyl halides is 4. The summed E-state index contributed by atoms with van der Waals surface area (Å²) in [6.07, 6.45) is -6.42. The van der Waals surface area contributed by atoms with Crippen LogP contribution in [0.2, 0.25) is 0 Å². The van der Waals surface area contributed by atoms with E-state index in [1.54, 1.807) is 0 Å². The van der Waals surface area contributed by atoms with Crippen molar-refractivity contribution in [3.63, 3.8) is 0 Å². The highest BCUT2D eigenvalue weighted by Gasteiger charge is 2.43. The lowest BCUT2D eigenvalue weighted by atomic mass is 10.2. The lowest BCUT2D eigenvalue weighted by Gasteiger charge is -2.17. The Labute approximate surface area is 70.4 Å². The molecule has 1 unspecified atom stereocenters. The van der Waals surface area contributed by atoms with Gasteiger partial charge in [0.25, 0.3) is 0 Å². The maximum absolute atomic E-state index is 11.5. The molecule has 8 heteroatoms. The van der Waals surface area contributed by atoms with Crippen LogP contribution in [0.5, 0.6) is 0 Å². The summed E-state index contributed by atoms with van der Waals surface area (Å²) in [5.41, 5.74) is 4.59. The van der Waals surface area contributed by atoms with E-state index in [1.807, 2.05) is 0 Å². The molecule has 74 valence electrons. The van der Waals surface area contributed by atoms with Gasteiger partial charge in [-0.25, -0.2) is 4.79 Å². The standard InChI is InChI=1S/C4H5ClF3NO2.H2O/c5-3(9,2(10)11)1-4(6,7)8;/h1,9H2,(H,10,11);1H2. The van der Waals surface area contributed by atoms with E-state index >= 15 is 0 Å². The first kappa shape index (κ1) is 14.0. The summed E-state index contributed by atoms with van der Waals surface area (Å²) in [6, 6.07) is 0. The van der Waals surface area contributed by atoms with Crippen molar-refractivity contribution in [1.82, 2.24) is 0 Å². The molecule has 12 heavy (non-hydrogen) atoms. The number of rotatable bonds is 2. The molecule has 0 rings (SSSR count). The quantitative estimate of drug-likeness (QED) is 0.498. The smallest absolute Gasteiger partial charge is 0.392 e. The van der Waals surface area contributed by atoms with E-state index in [-0.39, 0.29) is 5.48 Å². The predicted octanol–water partition coefficient (Wildman–Crippen LogP) is 0.0925. The van der Waals surface area contributed by atoms with Crippen molar-refractivity contribution < 1.29 is 28.5 Å². The molecule has 0 amide bonds. The average Bonchev–Trinajstić information content (AvgIpc) is 1.56. The van der Waals surface area contributed by atoms with Crippen molar-refractivity contribution in [1.29, 1.82) is 0 Å². The maximum Gasteiger partial charge on any atom is 0.392 e. The van der Waals surface area contributed by atoms with Crippen molar-refractivity contribution >= 4 is 17.6 Å². The SMILES string of the molecule is NC(Cl)(CC(F)(F)F)C(=O)O.O. The second-order valence-electron chi connectivity index (χ2n) is 1.96. The minimum absolute atomic E-state index is 0. The molecule has 0 aromatic carbocycles. The van der Waals surface area contributed by atoms with Crippen molar-refractivity contribution in [3.8, 4) is 0 Å². The van der Waals surface area contributed by atoms with Crippen LogP contribution in [-0.4, -0.2) is 27.7 Å². The van der Waals surface area contributed by atoms with Gasteiger partial charge in [0.2, 0.25) is 0 Å². The van der Waals surface area contributed by atoms with E-state index in [1.165, 1.54) is 0 Å². The van der Waals surface area contributed by atoms with Gasteiger partial charge in [-0.1, -0.05) is 11.6 Å². The van der Waals surface area contributed by atoms with E-state index < -0.39 is 23.6 Å². The summed E-state index contributed by atoms with van der Waals surface area (Å²) in [5.74, 6) is -1.89. The number of carboxylic acid groups (broad SMARTS) is 1. The number of halogens is 4. The summed E-state index contributed by atoms with van der Waals surface area (Å²) >= 11 is 4.81. The Morgan fingerprint density at radius 2 is 1.83 bits per heavy atom. The topological polar surface area (TPSA) is 94.8 Å². The monoisotopic (exact) mass is 209 g/mol. The summed E-state index contributed by atoms with van der Waals surface area (Å²) in [5, 5.41) is 8.05. The second kappa shape index (κ2) is 3.92. The third-order valence-electron chi connectivity index (χ3n) is 0.813. The largest absolute Gasteiger partial charge is 0.479 e. The third kappa shape index (κ3) is 5.16. The van der Waals surface area contributed by atoms with Gasteiger partial charge in [0, 0.05) is 0 Å². The fourth-order valence-electron chi connectivity index (χ4n) is 0.367. The molecule has 0 aliphatic carbocycles. The number of nitrogens with two attached hydrogens (primary N) is 1. The van der Waals surface area contributed by atoms with Crippen molar-refractivity contribution in [2.45, 2.75) is 17.6 Å². The molecule has 0 aromatic rings. The first-order valence-corrected chi connectivity index (χ1v) is 2.81. The molecular weight excluding hydrogens is 202 g/mol. The molecule has 0 heterocycles. The fourth-order valence-corrected chi connectivity index (χ4v) is 0.519. The number of carboxylic acids is 1. The Morgan fingerprint density at radius 1 is 1.50 bits per heavy atom. The van der Waals surface area contributed by atoms with Crippen LogP contribution in [0.15, 0.2) is 0 Å². The molecule has 4 nitrogen and oxygen atoms in total. The van der Waals surface area contributed by atoms with E-state index in [2.05, 4.69) is 5.73 Å². The van der Waals surface area contributed by atoms with Gasteiger partial charge in [-0.3, -0.25) is 0 Å². The zero-order chi connectivity index (χ0) is 9.28. The van der Waals surface area contributed by atoms with Gasteiger partial charge in [0.1, 0.15) is 0 Å².